The summed E-state index contributed by atoms with van der Waals surface area (Å²) in [4.78, 5) is 23.9. The van der Waals surface area contributed by atoms with Gasteiger partial charge in [0.15, 0.2) is 0 Å². The first-order chi connectivity index (χ1) is 12.6. The van der Waals surface area contributed by atoms with Crippen molar-refractivity contribution in [1.29, 1.82) is 0 Å². The Balaban J connectivity index is 1.73. The molecule has 1 saturated heterocycles. The normalized spacial score (nSPS) is 17.4. The van der Waals surface area contributed by atoms with Gasteiger partial charge in [0.05, 0.1) is 18.3 Å². The quantitative estimate of drug-likeness (QED) is 0.864. The molecule has 138 valence electrons. The van der Waals surface area contributed by atoms with Gasteiger partial charge in [-0.05, 0) is 51.1 Å². The predicted octanol–water partition coefficient (Wildman–Crippen LogP) is 2.63. The fraction of sp³-hybridized carbons (Fsp3) is 0.450. The minimum atomic E-state index is -0.103. The number of aromatic nitrogens is 2. The molecule has 1 aliphatic heterocycles. The van der Waals surface area contributed by atoms with E-state index in [-0.39, 0.29) is 5.91 Å². The first kappa shape index (κ1) is 18.5. The van der Waals surface area contributed by atoms with E-state index in [0.717, 1.165) is 35.6 Å². The maximum absolute atomic E-state index is 12.5. The van der Waals surface area contributed by atoms with E-state index in [2.05, 4.69) is 27.2 Å². The first-order valence-corrected chi connectivity index (χ1v) is 8.97. The summed E-state index contributed by atoms with van der Waals surface area (Å²) in [6, 6.07) is 7.79. The molecule has 0 saturated carbocycles. The van der Waals surface area contributed by atoms with E-state index < -0.39 is 0 Å². The van der Waals surface area contributed by atoms with Crippen LogP contribution in [0.4, 0.5) is 0 Å². The standard InChI is InChI=1S/C20H26N4O2/c1-14-21-11-17(19(23-14)18-8-5-9-24(18)2)12-22-20(25)16-7-4-6-15(10-16)13-26-3/h4,6-7,10-11,18H,5,8-9,12-13H2,1-3H3,(H,22,25)/t18-/m1/s1. The number of hydrogen-bond donors (Lipinski definition) is 1. The lowest BCUT2D eigenvalue weighted by molar-refractivity contribution is 0.0950. The molecule has 0 aliphatic carbocycles. The predicted molar refractivity (Wildman–Crippen MR) is 99.7 cm³/mol. The molecule has 0 radical (unpaired) electrons. The van der Waals surface area contributed by atoms with Crippen molar-refractivity contribution in [3.05, 3.63) is 58.7 Å². The van der Waals surface area contributed by atoms with Gasteiger partial charge in [0.2, 0.25) is 0 Å². The molecule has 1 aliphatic rings. The van der Waals surface area contributed by atoms with Crippen LogP contribution < -0.4 is 5.32 Å². The molecule has 1 aromatic heterocycles. The second-order valence-electron chi connectivity index (χ2n) is 6.78. The molecule has 3 rings (SSSR count). The van der Waals surface area contributed by atoms with Gasteiger partial charge < -0.3 is 10.1 Å². The van der Waals surface area contributed by atoms with Crippen LogP contribution in [0.15, 0.2) is 30.5 Å². The zero-order valence-corrected chi connectivity index (χ0v) is 15.7. The van der Waals surface area contributed by atoms with Crippen LogP contribution in [0.3, 0.4) is 0 Å². The summed E-state index contributed by atoms with van der Waals surface area (Å²) in [5.41, 5.74) is 3.63. The number of carbonyl (C=O) groups excluding carboxylic acids is 1. The van der Waals surface area contributed by atoms with Crippen LogP contribution >= 0.6 is 0 Å². The summed E-state index contributed by atoms with van der Waals surface area (Å²) >= 11 is 0. The Morgan fingerprint density at radius 3 is 3.00 bits per heavy atom. The number of carbonyl (C=O) groups is 1. The van der Waals surface area contributed by atoms with Gasteiger partial charge in [-0.25, -0.2) is 9.97 Å². The molecule has 1 atom stereocenters. The molecule has 2 heterocycles. The molecule has 1 N–H and O–H groups in total. The number of rotatable bonds is 6. The van der Waals surface area contributed by atoms with Gasteiger partial charge in [0.1, 0.15) is 5.82 Å². The van der Waals surface area contributed by atoms with Crippen molar-refractivity contribution in [1.82, 2.24) is 20.2 Å². The topological polar surface area (TPSA) is 67.3 Å². The third-order valence-corrected chi connectivity index (χ3v) is 4.79. The molecule has 1 amide bonds. The van der Waals surface area contributed by atoms with Crippen molar-refractivity contribution in [2.24, 2.45) is 0 Å². The van der Waals surface area contributed by atoms with Crippen molar-refractivity contribution in [3.63, 3.8) is 0 Å². The maximum Gasteiger partial charge on any atom is 0.251 e. The molecule has 2 aromatic rings. The minimum absolute atomic E-state index is 0.103. The fourth-order valence-corrected chi connectivity index (χ4v) is 3.44. The zero-order chi connectivity index (χ0) is 18.5. The summed E-state index contributed by atoms with van der Waals surface area (Å²) in [5.74, 6) is 0.664. The number of ether oxygens (including phenoxy) is 1. The molecule has 0 unspecified atom stereocenters. The van der Waals surface area contributed by atoms with Gasteiger partial charge in [0.25, 0.3) is 5.91 Å². The molecule has 0 spiro atoms. The number of hydrogen-bond acceptors (Lipinski definition) is 5. The number of aryl methyl sites for hydroxylation is 1. The second-order valence-corrected chi connectivity index (χ2v) is 6.78. The van der Waals surface area contributed by atoms with Crippen LogP contribution in [0, 0.1) is 6.92 Å². The van der Waals surface area contributed by atoms with E-state index in [4.69, 9.17) is 4.74 Å². The van der Waals surface area contributed by atoms with Crippen molar-refractivity contribution < 1.29 is 9.53 Å². The average molecular weight is 354 g/mol. The van der Waals surface area contributed by atoms with E-state index in [1.165, 1.54) is 6.42 Å². The zero-order valence-electron chi connectivity index (χ0n) is 15.7. The van der Waals surface area contributed by atoms with Gasteiger partial charge in [-0.15, -0.1) is 0 Å². The summed E-state index contributed by atoms with van der Waals surface area (Å²) in [7, 11) is 3.77. The van der Waals surface area contributed by atoms with Crippen LogP contribution in [-0.2, 0) is 17.9 Å². The number of methoxy groups -OCH3 is 1. The lowest BCUT2D eigenvalue weighted by Crippen LogP contribution is -2.26. The van der Waals surface area contributed by atoms with Gasteiger partial charge >= 0.3 is 0 Å². The largest absolute Gasteiger partial charge is 0.380 e. The smallest absolute Gasteiger partial charge is 0.251 e. The first-order valence-electron chi connectivity index (χ1n) is 8.97. The highest BCUT2D eigenvalue weighted by atomic mass is 16.5. The maximum atomic E-state index is 12.5. The van der Waals surface area contributed by atoms with Crippen LogP contribution in [-0.4, -0.2) is 41.5 Å². The van der Waals surface area contributed by atoms with Gasteiger partial charge in [-0.1, -0.05) is 12.1 Å². The highest BCUT2D eigenvalue weighted by Gasteiger charge is 2.26. The lowest BCUT2D eigenvalue weighted by Gasteiger charge is -2.21. The Kier molecular flexibility index (Phi) is 5.96. The second kappa shape index (κ2) is 8.38. The Hall–Kier alpha value is -2.31. The van der Waals surface area contributed by atoms with Gasteiger partial charge in [-0.3, -0.25) is 9.69 Å². The Labute approximate surface area is 154 Å². The Morgan fingerprint density at radius 1 is 1.42 bits per heavy atom. The number of nitrogens with zero attached hydrogens (tertiary/aromatic N) is 3. The lowest BCUT2D eigenvalue weighted by atomic mass is 10.1. The van der Waals surface area contributed by atoms with E-state index >= 15 is 0 Å². The average Bonchev–Trinajstić information content (AvgIpc) is 3.06. The molecular weight excluding hydrogens is 328 g/mol. The van der Waals surface area contributed by atoms with Crippen LogP contribution in [0.2, 0.25) is 0 Å². The number of amides is 1. The van der Waals surface area contributed by atoms with Gasteiger partial charge in [0, 0.05) is 31.0 Å². The van der Waals surface area contributed by atoms with Crippen LogP contribution in [0.5, 0.6) is 0 Å². The summed E-state index contributed by atoms with van der Waals surface area (Å²) in [6.07, 6.45) is 4.10. The highest BCUT2D eigenvalue weighted by Crippen LogP contribution is 2.31. The Bertz CT molecular complexity index is 778. The molecular formula is C20H26N4O2. The summed E-state index contributed by atoms with van der Waals surface area (Å²) < 4.78 is 5.13. The third kappa shape index (κ3) is 4.26. The molecule has 1 fully saturated rings. The number of benzene rings is 1. The van der Waals surface area contributed by atoms with Crippen molar-refractivity contribution >= 4 is 5.91 Å². The molecule has 1 aromatic carbocycles. The van der Waals surface area contributed by atoms with Crippen molar-refractivity contribution in [2.75, 3.05) is 20.7 Å². The number of nitrogens with one attached hydrogen (secondary N) is 1. The molecule has 0 bridgehead atoms. The van der Waals surface area contributed by atoms with E-state index in [0.29, 0.717) is 24.8 Å². The van der Waals surface area contributed by atoms with Crippen molar-refractivity contribution in [3.8, 4) is 0 Å². The molecule has 6 heteroatoms. The van der Waals surface area contributed by atoms with Crippen LogP contribution in [0.25, 0.3) is 0 Å². The van der Waals surface area contributed by atoms with E-state index in [9.17, 15) is 4.79 Å². The highest BCUT2D eigenvalue weighted by molar-refractivity contribution is 5.94. The third-order valence-electron chi connectivity index (χ3n) is 4.79. The SMILES string of the molecule is COCc1cccc(C(=O)NCc2cnc(C)nc2[C@H]2CCCN2C)c1. The minimum Gasteiger partial charge on any atom is -0.380 e. The van der Waals surface area contributed by atoms with Crippen LogP contribution in [0.1, 0.15) is 51.9 Å². The molecule has 6 nitrogen and oxygen atoms in total. The Morgan fingerprint density at radius 2 is 2.27 bits per heavy atom. The van der Waals surface area contributed by atoms with E-state index in [1.54, 1.807) is 7.11 Å². The summed E-state index contributed by atoms with van der Waals surface area (Å²) in [5, 5.41) is 3.00. The monoisotopic (exact) mass is 354 g/mol. The summed E-state index contributed by atoms with van der Waals surface area (Å²) in [6.45, 7) is 3.90. The fourth-order valence-electron chi connectivity index (χ4n) is 3.44. The van der Waals surface area contributed by atoms with E-state index in [1.807, 2.05) is 37.4 Å². The number of likely N-dealkylation sites (tertiary alicyclic amines) is 1. The molecule has 26 heavy (non-hydrogen) atoms. The van der Waals surface area contributed by atoms with Gasteiger partial charge in [-0.2, -0.15) is 0 Å². The van der Waals surface area contributed by atoms with Crippen molar-refractivity contribution in [2.45, 2.75) is 39.0 Å².